The van der Waals surface area contributed by atoms with Crippen LogP contribution >= 0.6 is 23.5 Å². The molecule has 0 saturated carbocycles. The maximum atomic E-state index is 10.4. The van der Waals surface area contributed by atoms with Gasteiger partial charge in [0.15, 0.2) is 0 Å². The summed E-state index contributed by atoms with van der Waals surface area (Å²) < 4.78 is 0. The summed E-state index contributed by atoms with van der Waals surface area (Å²) in [6.07, 6.45) is 0.688. The fourth-order valence-corrected chi connectivity index (χ4v) is 2.29. The monoisotopic (exact) mass is 251 g/mol. The summed E-state index contributed by atoms with van der Waals surface area (Å²) in [6.45, 7) is 3.28. The minimum absolute atomic E-state index is 0.406. The summed E-state index contributed by atoms with van der Waals surface area (Å²) in [5, 5.41) is 3.19. The summed E-state index contributed by atoms with van der Waals surface area (Å²) in [6, 6.07) is -0.459. The lowest BCUT2D eigenvalue weighted by Gasteiger charge is -2.04. The first-order valence-electron chi connectivity index (χ1n) is 5.09. The summed E-state index contributed by atoms with van der Waals surface area (Å²) >= 11 is 3.73. The predicted octanol–water partition coefficient (Wildman–Crippen LogP) is 0.223. The Morgan fingerprint density at radius 1 is 1.67 bits per heavy atom. The molecule has 0 radical (unpaired) electrons. The SMILES string of the molecule is C1CSCN1.CCSCC[C@H](N)C(N)=O. The van der Waals surface area contributed by atoms with E-state index in [2.05, 4.69) is 12.2 Å². The fraction of sp³-hybridized carbons (Fsp3) is 0.889. The van der Waals surface area contributed by atoms with E-state index >= 15 is 0 Å². The Morgan fingerprint density at radius 2 is 2.40 bits per heavy atom. The van der Waals surface area contributed by atoms with Crippen LogP contribution in [0, 0.1) is 0 Å². The van der Waals surface area contributed by atoms with Crippen LogP contribution in [0.5, 0.6) is 0 Å². The third-order valence-corrected chi connectivity index (χ3v) is 3.60. The Morgan fingerprint density at radius 3 is 2.73 bits per heavy atom. The van der Waals surface area contributed by atoms with Crippen LogP contribution in [0.25, 0.3) is 0 Å². The van der Waals surface area contributed by atoms with Gasteiger partial charge in [-0.25, -0.2) is 0 Å². The normalized spacial score (nSPS) is 16.7. The van der Waals surface area contributed by atoms with Gasteiger partial charge in [-0.15, -0.1) is 11.8 Å². The minimum Gasteiger partial charge on any atom is -0.368 e. The average molecular weight is 251 g/mol. The van der Waals surface area contributed by atoms with Gasteiger partial charge in [-0.05, 0) is 17.9 Å². The number of rotatable bonds is 5. The van der Waals surface area contributed by atoms with Gasteiger partial charge in [0.05, 0.1) is 6.04 Å². The van der Waals surface area contributed by atoms with Crippen LogP contribution in [0.15, 0.2) is 0 Å². The molecule has 0 spiro atoms. The molecule has 1 amide bonds. The maximum Gasteiger partial charge on any atom is 0.234 e. The molecule has 1 fully saturated rings. The van der Waals surface area contributed by atoms with Crippen LogP contribution in [-0.4, -0.2) is 41.6 Å². The number of carbonyl (C=O) groups is 1. The number of amides is 1. The second-order valence-corrected chi connectivity index (χ2v) is 5.55. The first-order chi connectivity index (χ1) is 7.18. The van der Waals surface area contributed by atoms with Gasteiger partial charge in [-0.1, -0.05) is 6.92 Å². The number of primary amides is 1. The van der Waals surface area contributed by atoms with Crippen molar-refractivity contribution in [1.29, 1.82) is 0 Å². The lowest BCUT2D eigenvalue weighted by atomic mass is 10.2. The highest BCUT2D eigenvalue weighted by molar-refractivity contribution is 7.99. The molecular weight excluding hydrogens is 230 g/mol. The van der Waals surface area contributed by atoms with Gasteiger partial charge >= 0.3 is 0 Å². The van der Waals surface area contributed by atoms with Crippen molar-refractivity contribution >= 4 is 29.4 Å². The lowest BCUT2D eigenvalue weighted by Crippen LogP contribution is -2.36. The Kier molecular flexibility index (Phi) is 10.7. The molecule has 1 atom stereocenters. The van der Waals surface area contributed by atoms with Crippen molar-refractivity contribution in [2.24, 2.45) is 11.5 Å². The predicted molar refractivity (Wildman–Crippen MR) is 70.1 cm³/mol. The van der Waals surface area contributed by atoms with Gasteiger partial charge in [0.25, 0.3) is 0 Å². The number of carbonyl (C=O) groups excluding carboxylic acids is 1. The molecule has 0 aromatic carbocycles. The van der Waals surface area contributed by atoms with Crippen molar-refractivity contribution in [1.82, 2.24) is 5.32 Å². The smallest absolute Gasteiger partial charge is 0.234 e. The molecule has 1 heterocycles. The molecule has 15 heavy (non-hydrogen) atoms. The van der Waals surface area contributed by atoms with E-state index < -0.39 is 11.9 Å². The Balaban J connectivity index is 0.000000322. The van der Waals surface area contributed by atoms with Crippen molar-refractivity contribution in [3.63, 3.8) is 0 Å². The van der Waals surface area contributed by atoms with Crippen molar-refractivity contribution in [2.45, 2.75) is 19.4 Å². The van der Waals surface area contributed by atoms with Crippen molar-refractivity contribution < 1.29 is 4.79 Å². The zero-order valence-electron chi connectivity index (χ0n) is 9.20. The topological polar surface area (TPSA) is 81.1 Å². The molecule has 1 saturated heterocycles. The van der Waals surface area contributed by atoms with Crippen LogP contribution in [0.3, 0.4) is 0 Å². The second kappa shape index (κ2) is 10.6. The Bertz CT molecular complexity index is 158. The molecule has 5 N–H and O–H groups in total. The van der Waals surface area contributed by atoms with Crippen molar-refractivity contribution in [3.8, 4) is 0 Å². The number of thioether (sulfide) groups is 2. The molecule has 6 heteroatoms. The standard InChI is InChI=1S/C6H14N2OS.C3H7NS/c1-2-10-4-3-5(7)6(8)9;1-2-5-3-4-1/h5H,2-4,7H2,1H3,(H2,8,9);4H,1-3H2/t5-;/m0./s1. The molecule has 1 aliphatic rings. The third-order valence-electron chi connectivity index (χ3n) is 1.77. The molecular formula is C9H21N3OS2. The van der Waals surface area contributed by atoms with Gasteiger partial charge < -0.3 is 16.8 Å². The van der Waals surface area contributed by atoms with Crippen LogP contribution in [0.2, 0.25) is 0 Å². The molecule has 0 unspecified atom stereocenters. The first-order valence-corrected chi connectivity index (χ1v) is 7.40. The Labute approximate surface area is 100 Å². The zero-order chi connectivity index (χ0) is 11.5. The summed E-state index contributed by atoms with van der Waals surface area (Å²) in [7, 11) is 0. The largest absolute Gasteiger partial charge is 0.368 e. The summed E-state index contributed by atoms with van der Waals surface area (Å²) in [5.74, 6) is 4.04. The highest BCUT2D eigenvalue weighted by atomic mass is 32.2. The van der Waals surface area contributed by atoms with Gasteiger partial charge in [-0.3, -0.25) is 4.79 Å². The minimum atomic E-state index is -0.459. The van der Waals surface area contributed by atoms with E-state index in [9.17, 15) is 4.79 Å². The number of hydrogen-bond acceptors (Lipinski definition) is 5. The third kappa shape index (κ3) is 10.4. The molecule has 90 valence electrons. The molecule has 4 nitrogen and oxygen atoms in total. The quantitative estimate of drug-likeness (QED) is 0.609. The molecule has 0 aromatic rings. The Hall–Kier alpha value is 0.0900. The molecule has 0 bridgehead atoms. The number of nitrogens with two attached hydrogens (primary N) is 2. The molecule has 0 aliphatic carbocycles. The van der Waals surface area contributed by atoms with E-state index in [4.69, 9.17) is 11.5 Å². The van der Waals surface area contributed by atoms with Gasteiger partial charge in [-0.2, -0.15) is 11.8 Å². The summed E-state index contributed by atoms with van der Waals surface area (Å²) in [5.41, 5.74) is 10.3. The zero-order valence-corrected chi connectivity index (χ0v) is 10.8. The second-order valence-electron chi connectivity index (χ2n) is 3.05. The van der Waals surface area contributed by atoms with E-state index in [1.165, 1.54) is 18.2 Å². The average Bonchev–Trinajstić information content (AvgIpc) is 2.75. The van der Waals surface area contributed by atoms with Gasteiger partial charge in [0.2, 0.25) is 5.91 Å². The highest BCUT2D eigenvalue weighted by Gasteiger charge is 2.06. The maximum absolute atomic E-state index is 10.4. The number of hydrogen-bond donors (Lipinski definition) is 3. The van der Waals surface area contributed by atoms with Crippen LogP contribution in [0.1, 0.15) is 13.3 Å². The van der Waals surface area contributed by atoms with Gasteiger partial charge in [0, 0.05) is 18.2 Å². The van der Waals surface area contributed by atoms with Crippen molar-refractivity contribution in [2.75, 3.05) is 29.7 Å². The summed E-state index contributed by atoms with van der Waals surface area (Å²) in [4.78, 5) is 10.4. The molecule has 1 rings (SSSR count). The van der Waals surface area contributed by atoms with E-state index in [1.54, 1.807) is 11.8 Å². The van der Waals surface area contributed by atoms with E-state index in [0.717, 1.165) is 11.5 Å². The first kappa shape index (κ1) is 15.1. The van der Waals surface area contributed by atoms with E-state index in [0.29, 0.717) is 6.42 Å². The van der Waals surface area contributed by atoms with Crippen molar-refractivity contribution in [3.05, 3.63) is 0 Å². The van der Waals surface area contributed by atoms with Crippen LogP contribution in [0.4, 0.5) is 0 Å². The van der Waals surface area contributed by atoms with Crippen LogP contribution < -0.4 is 16.8 Å². The fourth-order valence-electron chi connectivity index (χ4n) is 0.858. The van der Waals surface area contributed by atoms with Crippen LogP contribution in [-0.2, 0) is 4.79 Å². The molecule has 1 aliphatic heterocycles. The lowest BCUT2D eigenvalue weighted by molar-refractivity contribution is -0.119. The number of nitrogens with one attached hydrogen (secondary N) is 1. The molecule has 0 aromatic heterocycles. The van der Waals surface area contributed by atoms with E-state index in [-0.39, 0.29) is 0 Å². The van der Waals surface area contributed by atoms with Gasteiger partial charge in [0.1, 0.15) is 0 Å². The van der Waals surface area contributed by atoms with E-state index in [1.807, 2.05) is 11.8 Å². The highest BCUT2D eigenvalue weighted by Crippen LogP contribution is 2.02.